The second-order valence-electron chi connectivity index (χ2n) is 9.19. The Labute approximate surface area is 197 Å². The number of carbonyl (C=O) groups excluding carboxylic acids is 1. The molecule has 7 nitrogen and oxygen atoms in total. The van der Waals surface area contributed by atoms with Crippen LogP contribution in [-0.2, 0) is 0 Å². The summed E-state index contributed by atoms with van der Waals surface area (Å²) in [4.78, 5) is 22.0. The molecule has 176 valence electrons. The maximum Gasteiger partial charge on any atom is 0.258 e. The Kier molecular flexibility index (Phi) is 6.22. The summed E-state index contributed by atoms with van der Waals surface area (Å²) in [5.41, 5.74) is 7.90. The number of nitrogens with zero attached hydrogens (tertiary/aromatic N) is 3. The van der Waals surface area contributed by atoms with E-state index in [0.717, 1.165) is 18.5 Å². The van der Waals surface area contributed by atoms with E-state index >= 15 is 4.39 Å². The van der Waals surface area contributed by atoms with Gasteiger partial charge in [-0.25, -0.2) is 14.4 Å². The molecule has 0 saturated heterocycles. The predicted molar refractivity (Wildman–Crippen MR) is 126 cm³/mol. The van der Waals surface area contributed by atoms with Crippen molar-refractivity contribution >= 4 is 28.8 Å². The molecular formula is C24H29ClFN5O2. The zero-order valence-corrected chi connectivity index (χ0v) is 20.2. The third-order valence-corrected chi connectivity index (χ3v) is 6.40. The second kappa shape index (κ2) is 8.82. The van der Waals surface area contributed by atoms with Crippen LogP contribution in [0, 0.1) is 18.7 Å². The van der Waals surface area contributed by atoms with Crippen molar-refractivity contribution in [3.63, 3.8) is 0 Å². The first kappa shape index (κ1) is 23.3. The van der Waals surface area contributed by atoms with Gasteiger partial charge in [-0.3, -0.25) is 9.20 Å². The maximum atomic E-state index is 15.2. The highest BCUT2D eigenvalue weighted by Crippen LogP contribution is 2.40. The Bertz CT molecular complexity index is 1220. The predicted octanol–water partition coefficient (Wildman–Crippen LogP) is 4.88. The van der Waals surface area contributed by atoms with Gasteiger partial charge in [0.1, 0.15) is 28.5 Å². The number of ether oxygens (including phenoxy) is 1. The molecule has 4 rings (SSSR count). The van der Waals surface area contributed by atoms with Crippen molar-refractivity contribution in [1.82, 2.24) is 19.7 Å². The van der Waals surface area contributed by atoms with Gasteiger partial charge in [0.25, 0.3) is 5.91 Å². The summed E-state index contributed by atoms with van der Waals surface area (Å²) < 4.78 is 23.1. The first-order valence-corrected chi connectivity index (χ1v) is 11.5. The number of hydrogen-bond acceptors (Lipinski definition) is 5. The highest BCUT2D eigenvalue weighted by molar-refractivity contribution is 6.31. The summed E-state index contributed by atoms with van der Waals surface area (Å²) in [6.45, 7) is 9.55. The summed E-state index contributed by atoms with van der Waals surface area (Å²) in [5, 5.41) is 2.79. The fourth-order valence-electron chi connectivity index (χ4n) is 4.51. The van der Waals surface area contributed by atoms with Crippen molar-refractivity contribution in [1.29, 1.82) is 0 Å². The van der Waals surface area contributed by atoms with E-state index in [1.54, 1.807) is 12.4 Å². The second-order valence-corrected chi connectivity index (χ2v) is 9.59. The largest absolute Gasteiger partial charge is 0.490 e. The molecule has 1 amide bonds. The number of amides is 1. The van der Waals surface area contributed by atoms with E-state index in [0.29, 0.717) is 28.6 Å². The van der Waals surface area contributed by atoms with Gasteiger partial charge in [0.2, 0.25) is 0 Å². The minimum absolute atomic E-state index is 0.0213. The molecule has 1 atom stereocenters. The maximum absolute atomic E-state index is 15.2. The van der Waals surface area contributed by atoms with Crippen molar-refractivity contribution in [2.24, 2.45) is 5.92 Å². The van der Waals surface area contributed by atoms with Crippen LogP contribution in [0.25, 0.3) is 5.52 Å². The number of imidazole rings is 1. The van der Waals surface area contributed by atoms with E-state index in [-0.39, 0.29) is 34.4 Å². The normalized spacial score (nSPS) is 18.9. The minimum Gasteiger partial charge on any atom is -0.490 e. The third kappa shape index (κ3) is 4.24. The fourth-order valence-corrected chi connectivity index (χ4v) is 4.72. The van der Waals surface area contributed by atoms with E-state index in [4.69, 9.17) is 27.1 Å². The number of hydrogen-bond donors (Lipinski definition) is 2. The van der Waals surface area contributed by atoms with Gasteiger partial charge in [-0.15, -0.1) is 0 Å². The number of nitrogens with two attached hydrogens (primary N) is 1. The molecule has 1 aliphatic carbocycles. The van der Waals surface area contributed by atoms with Crippen LogP contribution >= 0.6 is 11.6 Å². The molecule has 0 spiro atoms. The highest BCUT2D eigenvalue weighted by atomic mass is 35.5. The Hall–Kier alpha value is -2.87. The number of nitrogens with one attached hydrogen (secondary N) is 1. The lowest BCUT2D eigenvalue weighted by atomic mass is 9.81. The van der Waals surface area contributed by atoms with Crippen LogP contribution in [-0.4, -0.2) is 32.4 Å². The molecule has 33 heavy (non-hydrogen) atoms. The number of rotatable bonds is 6. The number of nitrogen functional groups attached to an aromatic ring is 1. The zero-order valence-electron chi connectivity index (χ0n) is 19.4. The molecule has 0 radical (unpaired) electrons. The average molecular weight is 474 g/mol. The SMILES string of the molecule is Cc1nc(C(C)c2cc(Cl)c(F)c(C(=O)NC3CC(C)C3)c2OC(C)C)n2ccnc(N)c12. The van der Waals surface area contributed by atoms with E-state index < -0.39 is 11.7 Å². The molecule has 9 heteroatoms. The van der Waals surface area contributed by atoms with E-state index in [9.17, 15) is 4.79 Å². The Morgan fingerprint density at radius 3 is 2.70 bits per heavy atom. The summed E-state index contributed by atoms with van der Waals surface area (Å²) in [6.07, 6.45) is 4.82. The van der Waals surface area contributed by atoms with Gasteiger partial charge in [-0.05, 0) is 45.6 Å². The number of aromatic nitrogens is 3. The Morgan fingerprint density at radius 1 is 1.36 bits per heavy atom. The van der Waals surface area contributed by atoms with Crippen molar-refractivity contribution in [2.75, 3.05) is 5.73 Å². The standard InChI is InChI=1S/C24H29ClFN5O2/c1-11(2)33-21-16(13(4)23-29-14(5)20-22(27)28-6-7-31(20)23)10-17(25)19(26)18(21)24(32)30-15-8-12(3)9-15/h6-7,10-13,15H,8-9H2,1-5H3,(H2,27,28)(H,30,32). The smallest absolute Gasteiger partial charge is 0.258 e. The lowest BCUT2D eigenvalue weighted by Crippen LogP contribution is -2.43. The summed E-state index contributed by atoms with van der Waals surface area (Å²) >= 11 is 6.29. The molecule has 1 unspecified atom stereocenters. The topological polar surface area (TPSA) is 94.5 Å². The van der Waals surface area contributed by atoms with Gasteiger partial charge in [-0.1, -0.05) is 25.4 Å². The zero-order chi connectivity index (χ0) is 24.0. The van der Waals surface area contributed by atoms with Gasteiger partial charge in [-0.2, -0.15) is 0 Å². The van der Waals surface area contributed by atoms with E-state index in [1.807, 2.05) is 32.1 Å². The lowest BCUT2D eigenvalue weighted by Gasteiger charge is -2.33. The van der Waals surface area contributed by atoms with Crippen LogP contribution in [0.4, 0.5) is 10.2 Å². The number of anilines is 1. The van der Waals surface area contributed by atoms with Gasteiger partial charge in [0.05, 0.1) is 16.8 Å². The van der Waals surface area contributed by atoms with E-state index in [1.165, 1.54) is 6.07 Å². The van der Waals surface area contributed by atoms with Crippen LogP contribution in [0.15, 0.2) is 18.5 Å². The van der Waals surface area contributed by atoms with Crippen LogP contribution in [0.1, 0.15) is 73.9 Å². The fraction of sp³-hybridized carbons (Fsp3) is 0.458. The monoisotopic (exact) mass is 473 g/mol. The average Bonchev–Trinajstić information content (AvgIpc) is 3.06. The molecule has 1 saturated carbocycles. The molecule has 3 N–H and O–H groups in total. The number of aryl methyl sites for hydroxylation is 1. The van der Waals surface area contributed by atoms with Crippen LogP contribution in [0.3, 0.4) is 0 Å². The molecular weight excluding hydrogens is 445 g/mol. The van der Waals surface area contributed by atoms with Gasteiger partial charge >= 0.3 is 0 Å². The highest BCUT2D eigenvalue weighted by Gasteiger charge is 2.33. The summed E-state index contributed by atoms with van der Waals surface area (Å²) in [6, 6.07) is 1.54. The Morgan fingerprint density at radius 2 is 2.06 bits per heavy atom. The molecule has 2 aromatic heterocycles. The molecule has 0 aliphatic heterocycles. The van der Waals surface area contributed by atoms with Gasteiger partial charge in [0.15, 0.2) is 5.82 Å². The van der Waals surface area contributed by atoms with Gasteiger partial charge < -0.3 is 15.8 Å². The molecule has 2 heterocycles. The van der Waals surface area contributed by atoms with Gasteiger partial charge in [0, 0.05) is 29.9 Å². The molecule has 1 aliphatic rings. The summed E-state index contributed by atoms with van der Waals surface area (Å²) in [7, 11) is 0. The van der Waals surface area contributed by atoms with Crippen molar-refractivity contribution < 1.29 is 13.9 Å². The number of benzene rings is 1. The number of halogens is 2. The first-order chi connectivity index (χ1) is 15.6. The van der Waals surface area contributed by atoms with Crippen molar-refractivity contribution in [3.8, 4) is 5.75 Å². The first-order valence-electron chi connectivity index (χ1n) is 11.2. The van der Waals surface area contributed by atoms with Crippen molar-refractivity contribution in [3.05, 3.63) is 51.9 Å². The van der Waals surface area contributed by atoms with Crippen LogP contribution in [0.2, 0.25) is 5.02 Å². The number of fused-ring (bicyclic) bond motifs is 1. The van der Waals surface area contributed by atoms with Crippen LogP contribution < -0.4 is 15.8 Å². The molecule has 3 aromatic rings. The lowest BCUT2D eigenvalue weighted by molar-refractivity contribution is 0.0885. The quantitative estimate of drug-likeness (QED) is 0.532. The number of carbonyl (C=O) groups is 1. The Balaban J connectivity index is 1.85. The molecule has 0 bridgehead atoms. The molecule has 1 fully saturated rings. The van der Waals surface area contributed by atoms with E-state index in [2.05, 4.69) is 17.2 Å². The summed E-state index contributed by atoms with van der Waals surface area (Å²) in [5.74, 6) is 0.0640. The van der Waals surface area contributed by atoms with Crippen LogP contribution in [0.5, 0.6) is 5.75 Å². The van der Waals surface area contributed by atoms with Crippen molar-refractivity contribution in [2.45, 2.75) is 65.5 Å². The third-order valence-electron chi connectivity index (χ3n) is 6.13. The minimum atomic E-state index is -0.786. The molecule has 1 aromatic carbocycles.